The number of hydrogen-bond acceptors (Lipinski definition) is 4. The van der Waals surface area contributed by atoms with E-state index in [1.807, 2.05) is 0 Å². The highest BCUT2D eigenvalue weighted by molar-refractivity contribution is 7.09. The number of ketones is 1. The summed E-state index contributed by atoms with van der Waals surface area (Å²) in [5.74, 6) is 0.812. The van der Waals surface area contributed by atoms with Gasteiger partial charge in [0.15, 0.2) is 0 Å². The zero-order valence-corrected chi connectivity index (χ0v) is 11.3. The highest BCUT2D eigenvalue weighted by Gasteiger charge is 2.36. The maximum atomic E-state index is 12.4. The zero-order chi connectivity index (χ0) is 12.3. The number of carbonyl (C=O) groups excluding carboxylic acids is 1. The van der Waals surface area contributed by atoms with Crippen molar-refractivity contribution >= 4 is 17.1 Å². The van der Waals surface area contributed by atoms with Crippen molar-refractivity contribution in [2.75, 3.05) is 13.1 Å². The van der Waals surface area contributed by atoms with Gasteiger partial charge in [0.1, 0.15) is 5.78 Å². The van der Waals surface area contributed by atoms with E-state index in [0.29, 0.717) is 18.1 Å². The molecule has 0 aliphatic carbocycles. The molecule has 0 saturated carbocycles. The highest BCUT2D eigenvalue weighted by atomic mass is 32.1. The van der Waals surface area contributed by atoms with Crippen molar-refractivity contribution < 1.29 is 4.79 Å². The van der Waals surface area contributed by atoms with E-state index in [9.17, 15) is 4.79 Å². The van der Waals surface area contributed by atoms with Gasteiger partial charge in [-0.3, -0.25) is 9.78 Å². The van der Waals surface area contributed by atoms with Crippen LogP contribution >= 0.6 is 11.3 Å². The largest absolute Gasteiger partial charge is 0.316 e. The summed E-state index contributed by atoms with van der Waals surface area (Å²) < 4.78 is 0. The van der Waals surface area contributed by atoms with E-state index in [1.165, 1.54) is 6.42 Å². The summed E-state index contributed by atoms with van der Waals surface area (Å²) in [7, 11) is 0. The first-order valence-corrected chi connectivity index (χ1v) is 7.10. The van der Waals surface area contributed by atoms with Crippen LogP contribution in [0.15, 0.2) is 11.7 Å². The molecule has 1 N–H and O–H groups in total. The van der Waals surface area contributed by atoms with E-state index in [1.54, 1.807) is 23.0 Å². The number of nitrogens with one attached hydrogen (secondary N) is 1. The summed E-state index contributed by atoms with van der Waals surface area (Å²) in [6, 6.07) is 0. The van der Waals surface area contributed by atoms with Crippen LogP contribution in [0.5, 0.6) is 0 Å². The summed E-state index contributed by atoms with van der Waals surface area (Å²) in [4.78, 5) is 17.5. The van der Waals surface area contributed by atoms with E-state index < -0.39 is 0 Å². The Morgan fingerprint density at radius 2 is 2.47 bits per heavy atom. The van der Waals surface area contributed by atoms with Crippen LogP contribution in [0.2, 0.25) is 0 Å². The van der Waals surface area contributed by atoms with Gasteiger partial charge in [0, 0.05) is 22.9 Å². The lowest BCUT2D eigenvalue weighted by molar-refractivity contribution is -0.129. The number of Topliss-reactive ketones (excluding diaryl/α,β-unsaturated/α-hetero) is 1. The van der Waals surface area contributed by atoms with Crippen molar-refractivity contribution in [3.05, 3.63) is 16.6 Å². The first-order chi connectivity index (χ1) is 8.10. The lowest BCUT2D eigenvalue weighted by Gasteiger charge is -2.36. The second kappa shape index (κ2) is 5.27. The van der Waals surface area contributed by atoms with E-state index in [-0.39, 0.29) is 5.41 Å². The van der Waals surface area contributed by atoms with Gasteiger partial charge in [0.05, 0.1) is 5.51 Å². The minimum atomic E-state index is -0.225. The number of hydrogen-bond donors (Lipinski definition) is 1. The van der Waals surface area contributed by atoms with Crippen LogP contribution in [-0.4, -0.2) is 23.9 Å². The van der Waals surface area contributed by atoms with Crippen molar-refractivity contribution in [2.45, 2.75) is 33.1 Å². The Morgan fingerprint density at radius 3 is 3.06 bits per heavy atom. The Morgan fingerprint density at radius 1 is 1.65 bits per heavy atom. The van der Waals surface area contributed by atoms with Crippen LogP contribution in [0.4, 0.5) is 0 Å². The van der Waals surface area contributed by atoms with Crippen molar-refractivity contribution in [1.29, 1.82) is 0 Å². The molecule has 1 aromatic heterocycles. The van der Waals surface area contributed by atoms with Crippen LogP contribution < -0.4 is 5.32 Å². The first kappa shape index (κ1) is 12.7. The van der Waals surface area contributed by atoms with Crippen LogP contribution in [-0.2, 0) is 11.2 Å². The number of rotatable bonds is 4. The lowest BCUT2D eigenvalue weighted by Crippen LogP contribution is -2.43. The number of thiazole rings is 1. The van der Waals surface area contributed by atoms with Crippen molar-refractivity contribution in [3.8, 4) is 0 Å². The van der Waals surface area contributed by atoms with Gasteiger partial charge in [-0.2, -0.15) is 0 Å². The molecule has 4 heteroatoms. The molecule has 2 rings (SSSR count). The summed E-state index contributed by atoms with van der Waals surface area (Å²) >= 11 is 1.57. The Labute approximate surface area is 107 Å². The molecule has 17 heavy (non-hydrogen) atoms. The van der Waals surface area contributed by atoms with E-state index >= 15 is 0 Å². The third kappa shape index (κ3) is 2.93. The fraction of sp³-hybridized carbons (Fsp3) is 0.692. The molecule has 0 radical (unpaired) electrons. The predicted molar refractivity (Wildman–Crippen MR) is 70.2 cm³/mol. The van der Waals surface area contributed by atoms with Crippen molar-refractivity contribution in [1.82, 2.24) is 10.3 Å². The van der Waals surface area contributed by atoms with Gasteiger partial charge in [-0.15, -0.1) is 11.3 Å². The Hall–Kier alpha value is -0.740. The molecular formula is C13H20N2OS. The quantitative estimate of drug-likeness (QED) is 0.894. The lowest BCUT2D eigenvalue weighted by atomic mass is 9.71. The van der Waals surface area contributed by atoms with Crippen LogP contribution in [0.3, 0.4) is 0 Å². The molecule has 1 aromatic rings. The first-order valence-electron chi connectivity index (χ1n) is 6.22. The van der Waals surface area contributed by atoms with Crippen LogP contribution in [0, 0.1) is 11.3 Å². The molecule has 1 fully saturated rings. The number of carbonyl (C=O) groups is 1. The fourth-order valence-electron chi connectivity index (χ4n) is 2.41. The average Bonchev–Trinajstić information content (AvgIpc) is 2.83. The molecule has 1 atom stereocenters. The second-order valence-electron chi connectivity index (χ2n) is 5.33. The van der Waals surface area contributed by atoms with Crippen molar-refractivity contribution in [2.24, 2.45) is 11.3 Å². The van der Waals surface area contributed by atoms with Crippen molar-refractivity contribution in [3.63, 3.8) is 0 Å². The molecule has 3 nitrogen and oxygen atoms in total. The average molecular weight is 252 g/mol. The zero-order valence-electron chi connectivity index (χ0n) is 10.5. The Bertz CT molecular complexity index is 367. The number of nitrogens with zero attached hydrogens (tertiary/aromatic N) is 1. The summed E-state index contributed by atoms with van der Waals surface area (Å²) in [5.41, 5.74) is 1.56. The fourth-order valence-corrected chi connectivity index (χ4v) is 3.00. The third-order valence-corrected chi connectivity index (χ3v) is 4.63. The topological polar surface area (TPSA) is 42.0 Å². The highest BCUT2D eigenvalue weighted by Crippen LogP contribution is 2.33. The monoisotopic (exact) mass is 252 g/mol. The van der Waals surface area contributed by atoms with Gasteiger partial charge < -0.3 is 5.32 Å². The maximum Gasteiger partial charge on any atom is 0.144 e. The van der Waals surface area contributed by atoms with E-state index in [2.05, 4.69) is 24.1 Å². The summed E-state index contributed by atoms with van der Waals surface area (Å²) in [6.07, 6.45) is 4.68. The van der Waals surface area contributed by atoms with Gasteiger partial charge >= 0.3 is 0 Å². The molecule has 0 amide bonds. The predicted octanol–water partition coefficient (Wildman–Crippen LogP) is 2.28. The summed E-state index contributed by atoms with van der Waals surface area (Å²) in [5, 5.41) is 3.39. The third-order valence-electron chi connectivity index (χ3n) is 3.85. The molecular weight excluding hydrogens is 232 g/mol. The molecule has 94 valence electrons. The SMILES string of the molecule is CC(C)(C(=O)Cc1cncs1)C1CCCNC1. The van der Waals surface area contributed by atoms with Gasteiger partial charge in [0.2, 0.25) is 0 Å². The summed E-state index contributed by atoms with van der Waals surface area (Å²) in [6.45, 7) is 6.25. The smallest absolute Gasteiger partial charge is 0.144 e. The molecule has 1 unspecified atom stereocenters. The van der Waals surface area contributed by atoms with Gasteiger partial charge in [-0.05, 0) is 31.8 Å². The molecule has 0 aromatic carbocycles. The standard InChI is InChI=1S/C13H20N2OS/c1-13(2,10-4-3-5-14-7-10)12(16)6-11-8-15-9-17-11/h8-10,14H,3-7H2,1-2H3. The molecule has 2 heterocycles. The minimum Gasteiger partial charge on any atom is -0.316 e. The molecule has 1 saturated heterocycles. The normalized spacial score (nSPS) is 21.4. The molecule has 0 spiro atoms. The minimum absolute atomic E-state index is 0.225. The maximum absolute atomic E-state index is 12.4. The Balaban J connectivity index is 2.00. The number of piperidine rings is 1. The molecule has 0 bridgehead atoms. The molecule has 1 aliphatic heterocycles. The van der Waals surface area contributed by atoms with Crippen LogP contribution in [0.1, 0.15) is 31.6 Å². The van der Waals surface area contributed by atoms with E-state index in [0.717, 1.165) is 24.4 Å². The van der Waals surface area contributed by atoms with Gasteiger partial charge in [0.25, 0.3) is 0 Å². The van der Waals surface area contributed by atoms with Crippen LogP contribution in [0.25, 0.3) is 0 Å². The Kier molecular flexibility index (Phi) is 3.94. The number of aromatic nitrogens is 1. The molecule has 1 aliphatic rings. The van der Waals surface area contributed by atoms with E-state index in [4.69, 9.17) is 0 Å². The van der Waals surface area contributed by atoms with Gasteiger partial charge in [-0.1, -0.05) is 13.8 Å². The second-order valence-corrected chi connectivity index (χ2v) is 6.30. The van der Waals surface area contributed by atoms with Gasteiger partial charge in [-0.25, -0.2) is 0 Å².